The minimum atomic E-state index is -0.221. The largest absolute Gasteiger partial charge is 0.334 e. The predicted molar refractivity (Wildman–Crippen MR) is 66.4 cm³/mol. The molecular weight excluding hydrogens is 202 g/mol. The number of nitrogens with one attached hydrogen (secondary N) is 3. The normalized spacial score (nSPS) is 9.56. The van der Waals surface area contributed by atoms with Crippen LogP contribution in [0.15, 0.2) is 36.9 Å². The van der Waals surface area contributed by atoms with Crippen LogP contribution in [0.2, 0.25) is 0 Å². The van der Waals surface area contributed by atoms with Gasteiger partial charge in [-0.1, -0.05) is 18.2 Å². The van der Waals surface area contributed by atoms with E-state index in [0.717, 1.165) is 12.2 Å². The molecular formula is C12H17N3O. The molecule has 0 unspecified atom stereocenters. The van der Waals surface area contributed by atoms with Crippen molar-refractivity contribution in [2.45, 2.75) is 6.54 Å². The fourth-order valence-electron chi connectivity index (χ4n) is 1.25. The summed E-state index contributed by atoms with van der Waals surface area (Å²) in [6.07, 6.45) is 1.63. The molecule has 0 bridgehead atoms. The first kappa shape index (κ1) is 12.3. The van der Waals surface area contributed by atoms with Crippen molar-refractivity contribution in [2.24, 2.45) is 0 Å². The van der Waals surface area contributed by atoms with E-state index in [1.54, 1.807) is 6.08 Å². The van der Waals surface area contributed by atoms with Gasteiger partial charge in [0, 0.05) is 18.8 Å². The zero-order chi connectivity index (χ0) is 11.8. The molecule has 0 aliphatic heterocycles. The molecule has 0 saturated heterocycles. The summed E-state index contributed by atoms with van der Waals surface area (Å²) in [7, 11) is 1.90. The number of rotatable bonds is 5. The van der Waals surface area contributed by atoms with E-state index in [1.807, 2.05) is 31.3 Å². The van der Waals surface area contributed by atoms with Crippen LogP contribution in [0.3, 0.4) is 0 Å². The highest BCUT2D eigenvalue weighted by molar-refractivity contribution is 5.89. The Morgan fingerprint density at radius 2 is 2.06 bits per heavy atom. The first-order valence-electron chi connectivity index (χ1n) is 5.15. The average Bonchev–Trinajstić information content (AvgIpc) is 2.29. The van der Waals surface area contributed by atoms with Gasteiger partial charge < -0.3 is 16.0 Å². The van der Waals surface area contributed by atoms with Crippen LogP contribution in [-0.2, 0) is 6.54 Å². The Kier molecular flexibility index (Phi) is 5.08. The van der Waals surface area contributed by atoms with Crippen LogP contribution in [0.4, 0.5) is 10.5 Å². The van der Waals surface area contributed by atoms with Crippen molar-refractivity contribution < 1.29 is 4.79 Å². The fourth-order valence-corrected chi connectivity index (χ4v) is 1.25. The maximum absolute atomic E-state index is 11.3. The third-order valence-corrected chi connectivity index (χ3v) is 2.00. The first-order chi connectivity index (χ1) is 7.76. The molecule has 1 aromatic rings. The van der Waals surface area contributed by atoms with Gasteiger partial charge in [0.1, 0.15) is 0 Å². The van der Waals surface area contributed by atoms with Crippen molar-refractivity contribution in [3.8, 4) is 0 Å². The number of urea groups is 1. The van der Waals surface area contributed by atoms with Crippen LogP contribution in [0, 0.1) is 0 Å². The molecule has 16 heavy (non-hydrogen) atoms. The highest BCUT2D eigenvalue weighted by Crippen LogP contribution is 2.08. The lowest BCUT2D eigenvalue weighted by atomic mass is 10.2. The third-order valence-electron chi connectivity index (χ3n) is 2.00. The van der Waals surface area contributed by atoms with Gasteiger partial charge in [0.15, 0.2) is 0 Å². The lowest BCUT2D eigenvalue weighted by Gasteiger charge is -2.06. The van der Waals surface area contributed by atoms with E-state index >= 15 is 0 Å². The van der Waals surface area contributed by atoms with Crippen molar-refractivity contribution in [1.29, 1.82) is 0 Å². The maximum Gasteiger partial charge on any atom is 0.319 e. The maximum atomic E-state index is 11.3. The molecule has 1 aromatic carbocycles. The monoisotopic (exact) mass is 219 g/mol. The van der Waals surface area contributed by atoms with Gasteiger partial charge in [0.05, 0.1) is 0 Å². The fraction of sp³-hybridized carbons (Fsp3) is 0.250. The molecule has 4 heteroatoms. The van der Waals surface area contributed by atoms with E-state index in [0.29, 0.717) is 6.54 Å². The van der Waals surface area contributed by atoms with E-state index in [9.17, 15) is 4.79 Å². The minimum Gasteiger partial charge on any atom is -0.334 e. The third kappa shape index (κ3) is 4.14. The average molecular weight is 219 g/mol. The molecule has 0 aliphatic carbocycles. The van der Waals surface area contributed by atoms with Crippen LogP contribution in [0.1, 0.15) is 5.56 Å². The predicted octanol–water partition coefficient (Wildman–Crippen LogP) is 1.71. The van der Waals surface area contributed by atoms with Crippen LogP contribution >= 0.6 is 0 Å². The molecule has 86 valence electrons. The van der Waals surface area contributed by atoms with E-state index in [-0.39, 0.29) is 6.03 Å². The van der Waals surface area contributed by atoms with Crippen LogP contribution in [0.25, 0.3) is 0 Å². The molecule has 2 amide bonds. The lowest BCUT2D eigenvalue weighted by Crippen LogP contribution is -2.28. The Hall–Kier alpha value is -1.81. The second-order valence-corrected chi connectivity index (χ2v) is 3.35. The summed E-state index contributed by atoms with van der Waals surface area (Å²) in [6, 6.07) is 7.47. The molecule has 1 rings (SSSR count). The summed E-state index contributed by atoms with van der Waals surface area (Å²) in [6.45, 7) is 4.81. The van der Waals surface area contributed by atoms with Crippen LogP contribution in [-0.4, -0.2) is 19.6 Å². The molecule has 0 spiro atoms. The first-order valence-corrected chi connectivity index (χ1v) is 5.15. The number of anilines is 1. The summed E-state index contributed by atoms with van der Waals surface area (Å²) < 4.78 is 0. The van der Waals surface area contributed by atoms with Gasteiger partial charge in [0.2, 0.25) is 0 Å². The number of carbonyl (C=O) groups is 1. The minimum absolute atomic E-state index is 0.221. The summed E-state index contributed by atoms with van der Waals surface area (Å²) in [4.78, 5) is 11.3. The molecule has 0 aliphatic rings. The summed E-state index contributed by atoms with van der Waals surface area (Å²) in [5.74, 6) is 0. The highest BCUT2D eigenvalue weighted by atomic mass is 16.2. The van der Waals surface area contributed by atoms with E-state index in [4.69, 9.17) is 0 Å². The van der Waals surface area contributed by atoms with Gasteiger partial charge >= 0.3 is 6.03 Å². The van der Waals surface area contributed by atoms with Gasteiger partial charge in [0.25, 0.3) is 0 Å². The van der Waals surface area contributed by atoms with Crippen molar-refractivity contribution in [3.05, 3.63) is 42.5 Å². The van der Waals surface area contributed by atoms with E-state index < -0.39 is 0 Å². The van der Waals surface area contributed by atoms with Crippen LogP contribution < -0.4 is 16.0 Å². The molecule has 0 saturated carbocycles. The molecule has 4 nitrogen and oxygen atoms in total. The van der Waals surface area contributed by atoms with Gasteiger partial charge in [-0.2, -0.15) is 0 Å². The Balaban J connectivity index is 2.48. The molecule has 3 N–H and O–H groups in total. The Morgan fingerprint density at radius 1 is 1.38 bits per heavy atom. The summed E-state index contributed by atoms with van der Waals surface area (Å²) in [5.41, 5.74) is 1.96. The number of amides is 2. The molecule has 0 atom stereocenters. The number of hydrogen-bond acceptors (Lipinski definition) is 2. The summed E-state index contributed by atoms with van der Waals surface area (Å²) >= 11 is 0. The van der Waals surface area contributed by atoms with Crippen molar-refractivity contribution in [2.75, 3.05) is 18.9 Å². The van der Waals surface area contributed by atoms with Crippen molar-refractivity contribution in [1.82, 2.24) is 10.6 Å². The lowest BCUT2D eigenvalue weighted by molar-refractivity contribution is 0.253. The van der Waals surface area contributed by atoms with Crippen molar-refractivity contribution >= 4 is 11.7 Å². The number of hydrogen-bond donors (Lipinski definition) is 3. The smallest absolute Gasteiger partial charge is 0.319 e. The Labute approximate surface area is 95.7 Å². The van der Waals surface area contributed by atoms with Gasteiger partial charge in [-0.3, -0.25) is 0 Å². The molecule has 0 heterocycles. The Morgan fingerprint density at radius 3 is 2.62 bits per heavy atom. The molecule has 0 aromatic heterocycles. The zero-order valence-corrected chi connectivity index (χ0v) is 9.42. The van der Waals surface area contributed by atoms with E-state index in [2.05, 4.69) is 22.5 Å². The SMILES string of the molecule is C=CCNC(=O)Nc1ccc(CNC)cc1. The standard InChI is InChI=1S/C12H17N3O/c1-3-8-14-12(16)15-11-6-4-10(5-7-11)9-13-2/h3-7,13H,1,8-9H2,2H3,(H2,14,15,16). The number of benzene rings is 1. The van der Waals surface area contributed by atoms with Crippen LogP contribution in [0.5, 0.6) is 0 Å². The zero-order valence-electron chi connectivity index (χ0n) is 9.42. The van der Waals surface area contributed by atoms with Gasteiger partial charge in [-0.05, 0) is 24.7 Å². The quantitative estimate of drug-likeness (QED) is 0.660. The topological polar surface area (TPSA) is 53.2 Å². The highest BCUT2D eigenvalue weighted by Gasteiger charge is 1.99. The van der Waals surface area contributed by atoms with Gasteiger partial charge in [-0.15, -0.1) is 6.58 Å². The Bertz CT molecular complexity index is 346. The van der Waals surface area contributed by atoms with Crippen molar-refractivity contribution in [3.63, 3.8) is 0 Å². The second-order valence-electron chi connectivity index (χ2n) is 3.35. The van der Waals surface area contributed by atoms with Gasteiger partial charge in [-0.25, -0.2) is 4.79 Å². The number of carbonyl (C=O) groups excluding carboxylic acids is 1. The second kappa shape index (κ2) is 6.63. The summed E-state index contributed by atoms with van der Waals surface area (Å²) in [5, 5.41) is 8.43. The molecule has 0 fully saturated rings. The van der Waals surface area contributed by atoms with E-state index in [1.165, 1.54) is 5.56 Å². The molecule has 0 radical (unpaired) electrons.